The van der Waals surface area contributed by atoms with Crippen molar-refractivity contribution < 1.29 is 19.8 Å². The Morgan fingerprint density at radius 3 is 2.68 bits per heavy atom. The lowest BCUT2D eigenvalue weighted by Crippen LogP contribution is -2.41. The number of aromatic nitrogens is 2. The summed E-state index contributed by atoms with van der Waals surface area (Å²) in [5, 5.41) is 21.4. The molecule has 2 aromatic rings. The number of carboxylic acid groups (broad SMARTS) is 1. The Balaban J connectivity index is 2.66. The Bertz CT molecular complexity index is 846. The van der Waals surface area contributed by atoms with Crippen LogP contribution in [0.1, 0.15) is 17.3 Å². The van der Waals surface area contributed by atoms with Gasteiger partial charge < -0.3 is 15.5 Å². The number of fused-ring (bicyclic) bond motifs is 1. The van der Waals surface area contributed by atoms with Crippen molar-refractivity contribution in [2.24, 2.45) is 7.05 Å². The number of carboxylic acids is 1. The quantitative estimate of drug-likeness (QED) is 0.624. The lowest BCUT2D eigenvalue weighted by molar-refractivity contribution is -0.138. The first-order valence-corrected chi connectivity index (χ1v) is 7.22. The molecule has 1 amide bonds. The van der Waals surface area contributed by atoms with E-state index in [4.69, 9.17) is 5.11 Å². The highest BCUT2D eigenvalue weighted by atomic mass is 127. The fourth-order valence-corrected chi connectivity index (χ4v) is 2.36. The Hall–Kier alpha value is -2.17. The van der Waals surface area contributed by atoms with E-state index in [0.717, 1.165) is 4.57 Å². The highest BCUT2D eigenvalue weighted by Crippen LogP contribution is 2.26. The van der Waals surface area contributed by atoms with Crippen molar-refractivity contribution in [3.8, 4) is 5.75 Å². The van der Waals surface area contributed by atoms with E-state index in [2.05, 4.69) is 10.3 Å². The lowest BCUT2D eigenvalue weighted by Gasteiger charge is -2.13. The number of aromatic hydroxyl groups is 1. The third kappa shape index (κ3) is 2.75. The molecule has 116 valence electrons. The van der Waals surface area contributed by atoms with Crippen molar-refractivity contribution in [1.82, 2.24) is 14.9 Å². The lowest BCUT2D eigenvalue weighted by atomic mass is 10.1. The van der Waals surface area contributed by atoms with Gasteiger partial charge in [-0.2, -0.15) is 0 Å². The number of aliphatic carboxylic acids is 1. The van der Waals surface area contributed by atoms with Gasteiger partial charge in [0.05, 0.1) is 5.39 Å². The second-order valence-electron chi connectivity index (χ2n) is 4.65. The highest BCUT2D eigenvalue weighted by Gasteiger charge is 2.24. The highest BCUT2D eigenvalue weighted by molar-refractivity contribution is 14.1. The molecule has 0 aliphatic heterocycles. The zero-order valence-corrected chi connectivity index (χ0v) is 13.8. The summed E-state index contributed by atoms with van der Waals surface area (Å²) in [7, 11) is 1.42. The first-order chi connectivity index (χ1) is 10.2. The van der Waals surface area contributed by atoms with E-state index in [-0.39, 0.29) is 11.0 Å². The first-order valence-electron chi connectivity index (χ1n) is 6.15. The van der Waals surface area contributed by atoms with Crippen molar-refractivity contribution in [3.05, 3.63) is 31.8 Å². The second kappa shape index (κ2) is 5.91. The zero-order valence-electron chi connectivity index (χ0n) is 11.6. The number of amides is 1. The second-order valence-corrected chi connectivity index (χ2v) is 5.89. The number of nitrogens with zero attached hydrogens (tertiary/aromatic N) is 2. The molecule has 2 heterocycles. The fraction of sp³-hybridized carbons (Fsp3) is 0.231. The molecule has 2 rings (SSSR count). The number of carbonyl (C=O) groups is 2. The molecule has 1 atom stereocenters. The predicted octanol–water partition coefficient (Wildman–Crippen LogP) is 0.447. The van der Waals surface area contributed by atoms with Gasteiger partial charge in [-0.15, -0.1) is 0 Å². The van der Waals surface area contributed by atoms with Gasteiger partial charge in [-0.1, -0.05) is 0 Å². The standard InChI is InChI=1S/C13H12IN3O5/c1-5(13(21)22)16-11(19)8-9(18)7-3-6(14)4-15-10(7)17(2)12(8)20/h3-5,18H,1-2H3,(H,16,19)(H,21,22)/t5-/m0/s1. The monoisotopic (exact) mass is 417 g/mol. The maximum Gasteiger partial charge on any atom is 0.325 e. The van der Waals surface area contributed by atoms with Crippen LogP contribution in [0.4, 0.5) is 0 Å². The molecule has 0 saturated carbocycles. The average molecular weight is 417 g/mol. The number of nitrogens with one attached hydrogen (secondary N) is 1. The molecular formula is C13H12IN3O5. The van der Waals surface area contributed by atoms with Crippen molar-refractivity contribution in [3.63, 3.8) is 0 Å². The Morgan fingerprint density at radius 2 is 2.09 bits per heavy atom. The van der Waals surface area contributed by atoms with Crippen LogP contribution in [0.15, 0.2) is 17.1 Å². The summed E-state index contributed by atoms with van der Waals surface area (Å²) in [6.45, 7) is 1.26. The molecule has 2 aromatic heterocycles. The number of hydrogen-bond donors (Lipinski definition) is 3. The molecule has 0 aromatic carbocycles. The number of hydrogen-bond acceptors (Lipinski definition) is 5. The molecule has 0 aliphatic carbocycles. The first kappa shape index (κ1) is 16.2. The zero-order chi connectivity index (χ0) is 16.6. The van der Waals surface area contributed by atoms with E-state index in [1.54, 1.807) is 6.07 Å². The summed E-state index contributed by atoms with van der Waals surface area (Å²) in [5.74, 6) is -2.71. The van der Waals surface area contributed by atoms with Gasteiger partial charge in [0, 0.05) is 16.8 Å². The topological polar surface area (TPSA) is 122 Å². The molecule has 0 saturated heterocycles. The third-order valence-electron chi connectivity index (χ3n) is 3.11. The number of halogens is 1. The van der Waals surface area contributed by atoms with Crippen molar-refractivity contribution >= 4 is 45.5 Å². The molecule has 0 bridgehead atoms. The van der Waals surface area contributed by atoms with Crippen LogP contribution in [0.5, 0.6) is 5.75 Å². The molecule has 3 N–H and O–H groups in total. The summed E-state index contributed by atoms with van der Waals surface area (Å²) in [6, 6.07) is 0.385. The smallest absolute Gasteiger partial charge is 0.325 e. The van der Waals surface area contributed by atoms with Crippen LogP contribution in [-0.2, 0) is 11.8 Å². The number of carbonyl (C=O) groups excluding carboxylic acids is 1. The molecule has 0 radical (unpaired) electrons. The summed E-state index contributed by atoms with van der Waals surface area (Å²) in [5.41, 5.74) is -1.04. The Kier molecular flexibility index (Phi) is 4.35. The van der Waals surface area contributed by atoms with Gasteiger partial charge >= 0.3 is 5.97 Å². The van der Waals surface area contributed by atoms with E-state index in [1.807, 2.05) is 22.6 Å². The van der Waals surface area contributed by atoms with Crippen LogP contribution in [0.25, 0.3) is 11.0 Å². The number of rotatable bonds is 3. The average Bonchev–Trinajstić information content (AvgIpc) is 2.44. The minimum Gasteiger partial charge on any atom is -0.506 e. The predicted molar refractivity (Wildman–Crippen MR) is 85.9 cm³/mol. The summed E-state index contributed by atoms with van der Waals surface area (Å²) in [6.07, 6.45) is 1.52. The SMILES string of the molecule is C[C@H](NC(=O)c1c(O)c2cc(I)cnc2n(C)c1=O)C(=O)O. The molecule has 0 fully saturated rings. The van der Waals surface area contributed by atoms with Crippen molar-refractivity contribution in [2.45, 2.75) is 13.0 Å². The van der Waals surface area contributed by atoms with Crippen LogP contribution in [0.3, 0.4) is 0 Å². The van der Waals surface area contributed by atoms with Crippen LogP contribution in [-0.4, -0.2) is 37.7 Å². The van der Waals surface area contributed by atoms with E-state index in [0.29, 0.717) is 3.57 Å². The van der Waals surface area contributed by atoms with Gasteiger partial charge in [0.2, 0.25) is 0 Å². The number of aryl methyl sites for hydroxylation is 1. The third-order valence-corrected chi connectivity index (χ3v) is 3.70. The van der Waals surface area contributed by atoms with Crippen LogP contribution < -0.4 is 10.9 Å². The maximum atomic E-state index is 12.2. The van der Waals surface area contributed by atoms with Gasteiger partial charge in [0.1, 0.15) is 23.0 Å². The molecule has 9 heteroatoms. The van der Waals surface area contributed by atoms with E-state index >= 15 is 0 Å². The molecule has 22 heavy (non-hydrogen) atoms. The largest absolute Gasteiger partial charge is 0.506 e. The maximum absolute atomic E-state index is 12.2. The van der Waals surface area contributed by atoms with Gasteiger partial charge in [-0.3, -0.25) is 19.0 Å². The Labute approximate surface area is 137 Å². The summed E-state index contributed by atoms with van der Waals surface area (Å²) >= 11 is 1.98. The van der Waals surface area contributed by atoms with Crippen LogP contribution in [0.2, 0.25) is 0 Å². The van der Waals surface area contributed by atoms with E-state index in [1.165, 1.54) is 20.2 Å². The minimum atomic E-state index is -1.25. The minimum absolute atomic E-state index is 0.228. The molecule has 8 nitrogen and oxygen atoms in total. The van der Waals surface area contributed by atoms with Crippen molar-refractivity contribution in [2.75, 3.05) is 0 Å². The van der Waals surface area contributed by atoms with Gasteiger partial charge in [-0.05, 0) is 35.6 Å². The van der Waals surface area contributed by atoms with E-state index < -0.39 is 34.8 Å². The Morgan fingerprint density at radius 1 is 1.45 bits per heavy atom. The summed E-state index contributed by atoms with van der Waals surface area (Å²) < 4.78 is 1.84. The van der Waals surface area contributed by atoms with E-state index in [9.17, 15) is 19.5 Å². The molecule has 0 aliphatic rings. The van der Waals surface area contributed by atoms with Crippen LogP contribution >= 0.6 is 22.6 Å². The molecular weight excluding hydrogens is 405 g/mol. The fourth-order valence-electron chi connectivity index (χ4n) is 1.91. The summed E-state index contributed by atoms with van der Waals surface area (Å²) in [4.78, 5) is 39.2. The normalized spacial score (nSPS) is 12.1. The van der Waals surface area contributed by atoms with Crippen molar-refractivity contribution in [1.29, 1.82) is 0 Å². The van der Waals surface area contributed by atoms with Gasteiger partial charge in [0.25, 0.3) is 11.5 Å². The van der Waals surface area contributed by atoms with Crippen LogP contribution in [0, 0.1) is 3.57 Å². The van der Waals surface area contributed by atoms with Gasteiger partial charge in [0.15, 0.2) is 0 Å². The van der Waals surface area contributed by atoms with Gasteiger partial charge in [-0.25, -0.2) is 4.98 Å². The number of pyridine rings is 2. The molecule has 0 unspecified atom stereocenters. The molecule has 0 spiro atoms.